The van der Waals surface area contributed by atoms with E-state index in [-0.39, 0.29) is 18.1 Å². The molecule has 1 aromatic heterocycles. The number of aliphatic hydroxyl groups excluding tert-OH is 2. The summed E-state index contributed by atoms with van der Waals surface area (Å²) in [7, 11) is -3.09. The maximum atomic E-state index is 13.8. The van der Waals surface area contributed by atoms with Crippen molar-refractivity contribution in [2.24, 2.45) is 11.7 Å². The predicted molar refractivity (Wildman–Crippen MR) is 127 cm³/mol. The molecule has 15 heteroatoms. The fourth-order valence-corrected chi connectivity index (χ4v) is 5.21. The molecule has 1 aliphatic rings. The lowest BCUT2D eigenvalue weighted by atomic mass is 10.1. The van der Waals surface area contributed by atoms with Gasteiger partial charge in [-0.2, -0.15) is 5.09 Å². The highest BCUT2D eigenvalue weighted by Gasteiger charge is 2.46. The number of carbonyl (C=O) groups is 2. The van der Waals surface area contributed by atoms with Gasteiger partial charge in [0.05, 0.1) is 13.7 Å². The Kier molecular flexibility index (Phi) is 9.29. The van der Waals surface area contributed by atoms with Crippen LogP contribution in [0.15, 0.2) is 36.7 Å². The quantitative estimate of drug-likeness (QED) is 0.186. The molecule has 0 radical (unpaired) electrons. The van der Waals surface area contributed by atoms with E-state index >= 15 is 0 Å². The molecule has 0 aliphatic carbocycles. The van der Waals surface area contributed by atoms with E-state index in [0.29, 0.717) is 0 Å². The molecule has 0 spiro atoms. The highest BCUT2D eigenvalue weighted by Crippen LogP contribution is 2.46. The van der Waals surface area contributed by atoms with Crippen molar-refractivity contribution in [3.05, 3.63) is 42.4 Å². The summed E-state index contributed by atoms with van der Waals surface area (Å²) in [6.07, 6.45) is -4.49. The first-order chi connectivity index (χ1) is 17.5. The van der Waals surface area contributed by atoms with E-state index < -0.39 is 68.4 Å². The Labute approximate surface area is 212 Å². The van der Waals surface area contributed by atoms with Gasteiger partial charge in [-0.3, -0.25) is 18.7 Å². The van der Waals surface area contributed by atoms with Gasteiger partial charge in [0.15, 0.2) is 11.9 Å². The van der Waals surface area contributed by atoms with Crippen molar-refractivity contribution in [2.45, 2.75) is 50.8 Å². The Hall–Kier alpha value is -3.00. The summed E-state index contributed by atoms with van der Waals surface area (Å²) in [5.74, 6) is -2.15. The molecular formula is C22H31N4O10P. The van der Waals surface area contributed by atoms with Gasteiger partial charge in [-0.05, 0) is 24.5 Å². The van der Waals surface area contributed by atoms with Crippen LogP contribution in [0.1, 0.15) is 37.0 Å². The van der Waals surface area contributed by atoms with E-state index in [1.54, 1.807) is 18.2 Å². The van der Waals surface area contributed by atoms with Gasteiger partial charge in [0, 0.05) is 0 Å². The van der Waals surface area contributed by atoms with E-state index in [4.69, 9.17) is 24.3 Å². The molecule has 0 bridgehead atoms. The van der Waals surface area contributed by atoms with Gasteiger partial charge in [-0.15, -0.1) is 0 Å². The maximum Gasteiger partial charge on any atom is 0.459 e. The monoisotopic (exact) mass is 542 g/mol. The van der Waals surface area contributed by atoms with Gasteiger partial charge in [-0.1, -0.05) is 32.0 Å². The fourth-order valence-electron chi connectivity index (χ4n) is 3.70. The summed E-state index contributed by atoms with van der Waals surface area (Å²) in [6, 6.07) is 7.05. The molecule has 204 valence electrons. The zero-order valence-electron chi connectivity index (χ0n) is 20.5. The minimum absolute atomic E-state index is 0.0193. The number of nitrogens with two attached hydrogens (primary N) is 1. The summed E-state index contributed by atoms with van der Waals surface area (Å²) in [5.41, 5.74) is 4.69. The van der Waals surface area contributed by atoms with E-state index in [1.165, 1.54) is 19.2 Å². The summed E-state index contributed by atoms with van der Waals surface area (Å²) >= 11 is 0. The van der Waals surface area contributed by atoms with Crippen LogP contribution in [0.25, 0.3) is 0 Å². The van der Waals surface area contributed by atoms with Crippen molar-refractivity contribution in [3.63, 3.8) is 0 Å². The van der Waals surface area contributed by atoms with E-state index in [0.717, 1.165) is 10.9 Å². The maximum absolute atomic E-state index is 13.8. The number of nitrogens with one attached hydrogen (secondary N) is 1. The first-order valence-electron chi connectivity index (χ1n) is 11.4. The number of methoxy groups -OCH3 is 1. The summed E-state index contributed by atoms with van der Waals surface area (Å²) < 4.78 is 36.3. The normalized spacial score (nSPS) is 23.9. The second-order valence-electron chi connectivity index (χ2n) is 8.77. The number of amides is 1. The number of aromatic nitrogens is 2. The van der Waals surface area contributed by atoms with Gasteiger partial charge in [0.25, 0.3) is 5.91 Å². The Balaban J connectivity index is 1.80. The number of aromatic hydroxyl groups is 1. The van der Waals surface area contributed by atoms with Crippen molar-refractivity contribution in [3.8, 4) is 11.6 Å². The number of para-hydroxylation sites is 1. The third kappa shape index (κ3) is 6.86. The van der Waals surface area contributed by atoms with Gasteiger partial charge in [0.1, 0.15) is 36.4 Å². The minimum Gasteiger partial charge on any atom is -0.493 e. The molecule has 6 N–H and O–H groups in total. The summed E-state index contributed by atoms with van der Waals surface area (Å²) in [4.78, 5) is 27.4. The Morgan fingerprint density at radius 3 is 2.49 bits per heavy atom. The van der Waals surface area contributed by atoms with Crippen molar-refractivity contribution < 1.29 is 48.0 Å². The van der Waals surface area contributed by atoms with Gasteiger partial charge < -0.3 is 35.1 Å². The average Bonchev–Trinajstić information content (AvgIpc) is 3.36. The summed E-state index contributed by atoms with van der Waals surface area (Å²) in [5, 5.41) is 33.8. The lowest BCUT2D eigenvalue weighted by Crippen LogP contribution is -2.39. The van der Waals surface area contributed by atoms with Crippen LogP contribution in [0.2, 0.25) is 0 Å². The number of rotatable bonds is 12. The number of hydrogen-bond donors (Lipinski definition) is 5. The Morgan fingerprint density at radius 1 is 1.24 bits per heavy atom. The van der Waals surface area contributed by atoms with Crippen LogP contribution in [-0.4, -0.2) is 74.8 Å². The second kappa shape index (κ2) is 12.0. The molecule has 6 atom stereocenters. The number of hydrogen-bond acceptors (Lipinski definition) is 11. The van der Waals surface area contributed by atoms with Crippen LogP contribution < -0.4 is 15.3 Å². The second-order valence-corrected chi connectivity index (χ2v) is 10.5. The minimum atomic E-state index is -4.28. The van der Waals surface area contributed by atoms with Crippen LogP contribution in [0.4, 0.5) is 0 Å². The molecule has 1 fully saturated rings. The first-order valence-corrected chi connectivity index (χ1v) is 12.9. The number of aliphatic hydroxyl groups is 2. The van der Waals surface area contributed by atoms with Crippen LogP contribution in [0.3, 0.4) is 0 Å². The SMILES string of the molecule is COC(=O)[C@H](CC(C)C)NP(=O)(OC[C@H]1O[C@@H](n2cnc(C(N)=O)c2O)[C@H](O)[C@@H]1O)Oc1ccccc1. The van der Waals surface area contributed by atoms with Gasteiger partial charge >= 0.3 is 13.7 Å². The predicted octanol–water partition coefficient (Wildman–Crippen LogP) is 0.688. The molecule has 1 aromatic carbocycles. The van der Waals surface area contributed by atoms with E-state index in [2.05, 4.69) is 10.1 Å². The molecule has 1 unspecified atom stereocenters. The number of imidazole rings is 1. The molecule has 14 nitrogen and oxygen atoms in total. The average molecular weight is 542 g/mol. The van der Waals surface area contributed by atoms with Crippen molar-refractivity contribution in [1.29, 1.82) is 0 Å². The largest absolute Gasteiger partial charge is 0.493 e. The number of benzene rings is 1. The van der Waals surface area contributed by atoms with Crippen LogP contribution in [0, 0.1) is 5.92 Å². The molecular weight excluding hydrogens is 511 g/mol. The fraction of sp³-hybridized carbons (Fsp3) is 0.500. The number of ether oxygens (including phenoxy) is 2. The first kappa shape index (κ1) is 28.6. The lowest BCUT2D eigenvalue weighted by molar-refractivity contribution is -0.143. The highest BCUT2D eigenvalue weighted by atomic mass is 31.2. The van der Waals surface area contributed by atoms with Crippen LogP contribution >= 0.6 is 7.75 Å². The third-order valence-corrected chi connectivity index (χ3v) is 7.06. The molecule has 2 heterocycles. The van der Waals surface area contributed by atoms with Crippen molar-refractivity contribution in [1.82, 2.24) is 14.6 Å². The number of nitrogens with zero attached hydrogens (tertiary/aromatic N) is 2. The molecule has 2 aromatic rings. The third-order valence-electron chi connectivity index (χ3n) is 5.50. The standard InChI is InChI=1S/C22H31N4O10P/c1-12(2)9-14(22(31)33-3)25-37(32,36-13-7-5-4-6-8-13)34-10-15-17(27)18(28)21(35-15)26-11-24-16(19(23)29)20(26)30/h4-8,11-12,14-15,17-18,21,27-28,30H,9-10H2,1-3H3,(H2,23,29)(H,25,32)/t14-,15+,17+,18+,21+,37?/m0/s1. The number of primary amides is 1. The molecule has 1 aliphatic heterocycles. The molecule has 37 heavy (non-hydrogen) atoms. The van der Waals surface area contributed by atoms with Crippen molar-refractivity contribution in [2.75, 3.05) is 13.7 Å². The zero-order valence-corrected chi connectivity index (χ0v) is 21.4. The van der Waals surface area contributed by atoms with E-state index in [9.17, 15) is 29.5 Å². The Bertz CT molecular complexity index is 1130. The van der Waals surface area contributed by atoms with Crippen molar-refractivity contribution >= 4 is 19.6 Å². The summed E-state index contributed by atoms with van der Waals surface area (Å²) in [6.45, 7) is 3.17. The molecule has 0 saturated carbocycles. The van der Waals surface area contributed by atoms with Crippen LogP contribution in [0.5, 0.6) is 11.6 Å². The number of carbonyl (C=O) groups excluding carboxylic acids is 2. The van der Waals surface area contributed by atoms with Gasteiger partial charge in [0.2, 0.25) is 5.88 Å². The molecule has 1 saturated heterocycles. The molecule has 3 rings (SSSR count). The Morgan fingerprint density at radius 2 is 1.92 bits per heavy atom. The van der Waals surface area contributed by atoms with Crippen LogP contribution in [-0.2, 0) is 23.4 Å². The zero-order chi connectivity index (χ0) is 27.3. The topological polar surface area (TPSA) is 205 Å². The number of esters is 1. The van der Waals surface area contributed by atoms with Gasteiger partial charge in [-0.25, -0.2) is 9.55 Å². The van der Waals surface area contributed by atoms with E-state index in [1.807, 2.05) is 13.8 Å². The molecule has 1 amide bonds. The lowest BCUT2D eigenvalue weighted by Gasteiger charge is -2.26. The highest BCUT2D eigenvalue weighted by molar-refractivity contribution is 7.52. The smallest absolute Gasteiger partial charge is 0.459 e.